The van der Waals surface area contributed by atoms with E-state index in [1.54, 1.807) is 6.20 Å². The van der Waals surface area contributed by atoms with Crippen molar-refractivity contribution >= 4 is 52.6 Å². The Labute approximate surface area is 203 Å². The minimum atomic E-state index is -4.64. The first kappa shape index (κ1) is 25.9. The molecule has 0 saturated carbocycles. The number of halogens is 4. The number of methoxy groups -OCH3 is 1. The normalized spacial score (nSPS) is 12.3. The van der Waals surface area contributed by atoms with E-state index >= 15 is 0 Å². The third-order valence-corrected chi connectivity index (χ3v) is 4.94. The number of nitrogens with zero attached hydrogens (tertiary/aromatic N) is 2. The zero-order valence-electron chi connectivity index (χ0n) is 18.4. The van der Waals surface area contributed by atoms with Gasteiger partial charge in [0.15, 0.2) is 5.82 Å². The number of nitrogens with one attached hydrogen (secondary N) is 3. The summed E-state index contributed by atoms with van der Waals surface area (Å²) >= 11 is 6.28. The number of aromatic nitrogens is 2. The number of hydrogen-bond donors (Lipinski definition) is 3. The summed E-state index contributed by atoms with van der Waals surface area (Å²) in [7, 11) is 1.50. The Kier molecular flexibility index (Phi) is 8.61. The molecule has 4 rings (SSSR count). The Hall–Kier alpha value is -3.70. The second kappa shape index (κ2) is 11.6. The molecule has 1 amide bonds. The number of anilines is 5. The van der Waals surface area contributed by atoms with Crippen LogP contribution in [0.5, 0.6) is 0 Å². The number of aryl methyl sites for hydroxylation is 2. The molecule has 0 radical (unpaired) electrons. The number of carbonyl (C=O) groups is 2. The van der Waals surface area contributed by atoms with Crippen molar-refractivity contribution in [3.63, 3.8) is 0 Å². The van der Waals surface area contributed by atoms with E-state index in [0.29, 0.717) is 16.8 Å². The van der Waals surface area contributed by atoms with Gasteiger partial charge in [-0.2, -0.15) is 18.2 Å². The molecule has 2 heterocycles. The van der Waals surface area contributed by atoms with Gasteiger partial charge < -0.3 is 20.7 Å². The average Bonchev–Trinajstić information content (AvgIpc) is 2.81. The number of fused-ring (bicyclic) bond motifs is 6. The monoisotopic (exact) mass is 507 g/mol. The predicted molar refractivity (Wildman–Crippen MR) is 127 cm³/mol. The number of alkyl halides is 3. The van der Waals surface area contributed by atoms with E-state index in [-0.39, 0.29) is 12.5 Å². The lowest BCUT2D eigenvalue weighted by Crippen LogP contribution is -2.18. The molecule has 0 spiro atoms. The van der Waals surface area contributed by atoms with Crippen LogP contribution in [0.25, 0.3) is 0 Å². The lowest BCUT2D eigenvalue weighted by molar-refractivity contribution is -0.156. The highest BCUT2D eigenvalue weighted by molar-refractivity contribution is 6.32. The highest BCUT2D eigenvalue weighted by Gasteiger charge is 2.24. The fourth-order valence-corrected chi connectivity index (χ4v) is 3.32. The second-order valence-electron chi connectivity index (χ2n) is 7.35. The summed E-state index contributed by atoms with van der Waals surface area (Å²) in [6, 6.07) is 13.8. The van der Waals surface area contributed by atoms with Gasteiger partial charge in [-0.3, -0.25) is 9.59 Å². The van der Waals surface area contributed by atoms with Crippen LogP contribution >= 0.6 is 11.6 Å². The zero-order chi connectivity index (χ0) is 25.4. The van der Waals surface area contributed by atoms with Crippen LogP contribution in [0.3, 0.4) is 0 Å². The lowest BCUT2D eigenvalue weighted by Gasteiger charge is -2.14. The van der Waals surface area contributed by atoms with E-state index in [2.05, 4.69) is 38.1 Å². The van der Waals surface area contributed by atoms with Gasteiger partial charge in [-0.25, -0.2) is 4.98 Å². The minimum absolute atomic E-state index is 0.00642. The standard InChI is InChI=1S/C21H20ClN5O2.C2HF3O/c1-29-12-19(28)26-18-8-7-16-10-14(18)6-5-13-3-2-4-15(9-13)25-21-23-11-17(22)20(24-16)27-21;3-2(4,5)1-6/h2-4,7-11H,5-6,12H2,1H3,(H,26,28)(H2,23,24,25,27);1H. The van der Waals surface area contributed by atoms with E-state index in [4.69, 9.17) is 21.1 Å². The molecule has 0 aliphatic carbocycles. The Morgan fingerprint density at radius 1 is 1.17 bits per heavy atom. The first-order valence-electron chi connectivity index (χ1n) is 10.3. The fraction of sp³-hybridized carbons (Fsp3) is 0.217. The largest absolute Gasteiger partial charge is 0.446 e. The molecular formula is C23H21ClF3N5O3. The number of benzene rings is 2. The van der Waals surface area contributed by atoms with Crippen LogP contribution in [0.15, 0.2) is 48.7 Å². The Bertz CT molecular complexity index is 1210. The number of carbonyl (C=O) groups excluding carboxylic acids is 2. The Morgan fingerprint density at radius 3 is 2.63 bits per heavy atom. The summed E-state index contributed by atoms with van der Waals surface area (Å²) in [5.74, 6) is 0.765. The molecule has 6 bridgehead atoms. The maximum Gasteiger partial charge on any atom is 0.446 e. The maximum atomic E-state index is 12.0. The third-order valence-electron chi connectivity index (χ3n) is 4.66. The van der Waals surface area contributed by atoms with Crippen LogP contribution in [0.4, 0.5) is 42.0 Å². The summed E-state index contributed by atoms with van der Waals surface area (Å²) < 4.78 is 36.2. The molecular weight excluding hydrogens is 487 g/mol. The summed E-state index contributed by atoms with van der Waals surface area (Å²) in [5.41, 5.74) is 4.65. The van der Waals surface area contributed by atoms with Gasteiger partial charge in [0.1, 0.15) is 11.6 Å². The molecule has 0 fully saturated rings. The van der Waals surface area contributed by atoms with Gasteiger partial charge in [-0.15, -0.1) is 0 Å². The molecule has 2 aromatic carbocycles. The van der Waals surface area contributed by atoms with Crippen molar-refractivity contribution in [1.82, 2.24) is 9.97 Å². The number of amides is 1. The number of hydrogen-bond acceptors (Lipinski definition) is 7. The molecule has 12 heteroatoms. The van der Waals surface area contributed by atoms with Crippen molar-refractivity contribution in [2.75, 3.05) is 29.7 Å². The molecule has 0 unspecified atom stereocenters. The molecule has 3 aromatic rings. The number of aldehydes is 1. The lowest BCUT2D eigenvalue weighted by atomic mass is 10.0. The highest BCUT2D eigenvalue weighted by atomic mass is 35.5. The van der Waals surface area contributed by atoms with Crippen LogP contribution in [0.2, 0.25) is 5.02 Å². The number of ether oxygens (including phenoxy) is 1. The van der Waals surface area contributed by atoms with E-state index in [1.807, 2.05) is 30.3 Å². The van der Waals surface area contributed by atoms with Crippen molar-refractivity contribution in [1.29, 1.82) is 0 Å². The van der Waals surface area contributed by atoms with Crippen LogP contribution < -0.4 is 16.0 Å². The van der Waals surface area contributed by atoms with Gasteiger partial charge >= 0.3 is 6.18 Å². The third kappa shape index (κ3) is 7.94. The van der Waals surface area contributed by atoms with Crippen molar-refractivity contribution in [2.24, 2.45) is 0 Å². The fourth-order valence-electron chi connectivity index (χ4n) is 3.18. The molecule has 1 aliphatic heterocycles. The first-order valence-corrected chi connectivity index (χ1v) is 10.6. The molecule has 3 N–H and O–H groups in total. The maximum absolute atomic E-state index is 12.0. The Morgan fingerprint density at radius 2 is 1.91 bits per heavy atom. The van der Waals surface area contributed by atoms with Gasteiger partial charge in [0.25, 0.3) is 0 Å². The van der Waals surface area contributed by atoms with E-state index in [0.717, 1.165) is 41.0 Å². The average molecular weight is 508 g/mol. The minimum Gasteiger partial charge on any atom is -0.375 e. The Balaban J connectivity index is 0.000000509. The van der Waals surface area contributed by atoms with Crippen LogP contribution in [-0.4, -0.2) is 42.1 Å². The van der Waals surface area contributed by atoms with E-state index in [9.17, 15) is 18.0 Å². The molecule has 35 heavy (non-hydrogen) atoms. The van der Waals surface area contributed by atoms with Gasteiger partial charge in [-0.05, 0) is 54.3 Å². The molecule has 1 aliphatic rings. The molecule has 184 valence electrons. The van der Waals surface area contributed by atoms with Crippen molar-refractivity contribution < 1.29 is 27.5 Å². The number of rotatable bonds is 3. The van der Waals surface area contributed by atoms with Gasteiger partial charge in [-0.1, -0.05) is 23.7 Å². The summed E-state index contributed by atoms with van der Waals surface area (Å²) in [5, 5.41) is 9.79. The summed E-state index contributed by atoms with van der Waals surface area (Å²) in [6.07, 6.45) is -2.58. The molecule has 1 aromatic heterocycles. The van der Waals surface area contributed by atoms with Crippen molar-refractivity contribution in [2.45, 2.75) is 19.0 Å². The van der Waals surface area contributed by atoms with E-state index in [1.165, 1.54) is 7.11 Å². The summed E-state index contributed by atoms with van der Waals surface area (Å²) in [6.45, 7) is 0.00642. The molecule has 0 saturated heterocycles. The van der Waals surface area contributed by atoms with Gasteiger partial charge in [0.05, 0.1) is 6.20 Å². The molecule has 0 atom stereocenters. The topological polar surface area (TPSA) is 105 Å². The highest BCUT2D eigenvalue weighted by Crippen LogP contribution is 2.29. The van der Waals surface area contributed by atoms with E-state index < -0.39 is 12.5 Å². The van der Waals surface area contributed by atoms with Crippen LogP contribution in [-0.2, 0) is 27.2 Å². The quantitative estimate of drug-likeness (QED) is 0.426. The van der Waals surface area contributed by atoms with Crippen LogP contribution in [0.1, 0.15) is 11.1 Å². The van der Waals surface area contributed by atoms with Crippen molar-refractivity contribution in [3.05, 3.63) is 64.8 Å². The zero-order valence-corrected chi connectivity index (χ0v) is 19.2. The predicted octanol–water partition coefficient (Wildman–Crippen LogP) is 5.05. The summed E-state index contributed by atoms with van der Waals surface area (Å²) in [4.78, 5) is 29.5. The first-order chi connectivity index (χ1) is 16.7. The smallest absolute Gasteiger partial charge is 0.375 e. The molecule has 8 nitrogen and oxygen atoms in total. The SMILES string of the molecule is COCC(=O)Nc1ccc2cc1CCc1cccc(c1)Nc1ncc(Cl)c(n1)N2.O=CC(F)(F)F. The second-order valence-corrected chi connectivity index (χ2v) is 7.76. The van der Waals surface area contributed by atoms with Crippen LogP contribution in [0, 0.1) is 0 Å². The van der Waals surface area contributed by atoms with Gasteiger partial charge in [0.2, 0.25) is 18.1 Å². The van der Waals surface area contributed by atoms with Crippen molar-refractivity contribution in [3.8, 4) is 0 Å². The van der Waals surface area contributed by atoms with Gasteiger partial charge in [0, 0.05) is 24.2 Å².